The minimum atomic E-state index is -1.70. The van der Waals surface area contributed by atoms with Gasteiger partial charge < -0.3 is 64.2 Å². The minimum absolute atomic E-state index is 0.134. The second-order valence-corrected chi connectivity index (χ2v) is 14.1. The van der Waals surface area contributed by atoms with E-state index in [4.69, 9.17) is 11.5 Å². The van der Waals surface area contributed by atoms with Gasteiger partial charge in [0.05, 0.1) is 32.1 Å². The average molecular weight is 801 g/mol. The van der Waals surface area contributed by atoms with Gasteiger partial charge in [-0.2, -0.15) is 0 Å². The Bertz CT molecular complexity index is 1410. The summed E-state index contributed by atoms with van der Waals surface area (Å²) in [6, 6.07) is -7.29. The molecule has 14 N–H and O–H groups in total. The summed E-state index contributed by atoms with van der Waals surface area (Å²) < 4.78 is 0. The lowest BCUT2D eigenvalue weighted by molar-refractivity contribution is -0.142. The average Bonchev–Trinajstić information content (AvgIpc) is 3.11. The Kier molecular flexibility index (Phi) is 23.2. The molecule has 8 amide bonds. The highest BCUT2D eigenvalue weighted by Crippen LogP contribution is 2.06. The molecule has 0 heterocycles. The maximum Gasteiger partial charge on any atom is 0.326 e. The van der Waals surface area contributed by atoms with Crippen LogP contribution < -0.4 is 54.0 Å². The van der Waals surface area contributed by atoms with E-state index in [1.807, 2.05) is 0 Å². The topological polar surface area (TPSA) is 359 Å². The van der Waals surface area contributed by atoms with Gasteiger partial charge in [-0.15, -0.1) is 0 Å². The van der Waals surface area contributed by atoms with Crippen molar-refractivity contribution in [1.29, 1.82) is 0 Å². The summed E-state index contributed by atoms with van der Waals surface area (Å²) in [4.78, 5) is 124. The molecular weight excluding hydrogens is 740 g/mol. The summed E-state index contributed by atoms with van der Waals surface area (Å²) in [5.41, 5.74) is 11.3. The number of hydrogen-bond donors (Lipinski definition) is 12. The lowest BCUT2D eigenvalue weighted by Gasteiger charge is -2.24. The number of nitrogens with two attached hydrogens (primary N) is 2. The fraction of sp³-hybridized carbons (Fsp3) is 0.706. The number of aliphatic carboxylic acids is 2. The number of unbranched alkanes of at least 4 members (excludes halogenated alkanes) is 1. The minimum Gasteiger partial charge on any atom is -0.481 e. The van der Waals surface area contributed by atoms with Crippen LogP contribution in [0.5, 0.6) is 0 Å². The molecule has 0 aromatic carbocycles. The standard InChI is InChI=1S/C34H60N10O12/c1-16(2)26(36)31(52)44-28(18(5)6)33(54)38-13-22(45)40-19(7)29(50)42-21(12-25(48)49)30(51)37-15-24(47)43-27(17(3)4)32(53)39-14-23(46)41-20(34(55)56)10-8-9-11-35/h16-21,26-28H,8-15,35-36H2,1-7H3,(H,37,51)(H,38,54)(H,39,53)(H,40,45)(H,41,46)(H,42,50)(H,43,47)(H,44,52)(H,48,49)(H,55,56)/t19-,20-,21-,26-,27-,28-/m0/s1. The molecule has 0 saturated heterocycles. The SMILES string of the molecule is CC(C)[C@H](N)C(=O)N[C@H](C(=O)NCC(=O)N[C@@H](C)C(=O)N[C@@H](CC(=O)O)C(=O)NCC(=O)N[C@H](C(=O)NCC(=O)N[C@@H](CCCCN)C(=O)O)C(C)C)C(C)C. The number of nitrogens with one attached hydrogen (secondary N) is 8. The van der Waals surface area contributed by atoms with Crippen LogP contribution in [0.1, 0.15) is 74.1 Å². The molecule has 0 rings (SSSR count). The van der Waals surface area contributed by atoms with E-state index in [2.05, 4.69) is 42.5 Å². The van der Waals surface area contributed by atoms with Crippen LogP contribution in [-0.4, -0.2) is 132 Å². The van der Waals surface area contributed by atoms with Gasteiger partial charge in [0.1, 0.15) is 30.2 Å². The number of rotatable bonds is 26. The first-order valence-corrected chi connectivity index (χ1v) is 18.2. The van der Waals surface area contributed by atoms with E-state index in [1.54, 1.807) is 41.5 Å². The normalized spacial score (nSPS) is 14.2. The van der Waals surface area contributed by atoms with Gasteiger partial charge in [0, 0.05) is 0 Å². The maximum atomic E-state index is 12.9. The summed E-state index contributed by atoms with van der Waals surface area (Å²) >= 11 is 0. The highest BCUT2D eigenvalue weighted by molar-refractivity contribution is 5.97. The number of carbonyl (C=O) groups excluding carboxylic acids is 8. The Morgan fingerprint density at radius 3 is 1.43 bits per heavy atom. The molecule has 0 radical (unpaired) electrons. The molecule has 318 valence electrons. The van der Waals surface area contributed by atoms with E-state index in [0.717, 1.165) is 0 Å². The summed E-state index contributed by atoms with van der Waals surface area (Å²) in [7, 11) is 0. The van der Waals surface area contributed by atoms with E-state index >= 15 is 0 Å². The van der Waals surface area contributed by atoms with Crippen LogP contribution in [0.25, 0.3) is 0 Å². The van der Waals surface area contributed by atoms with Gasteiger partial charge in [-0.1, -0.05) is 41.5 Å². The number of amides is 8. The quantitative estimate of drug-likeness (QED) is 0.0369. The Morgan fingerprint density at radius 1 is 0.518 bits per heavy atom. The molecule has 0 fully saturated rings. The van der Waals surface area contributed by atoms with Crippen LogP contribution in [0, 0.1) is 17.8 Å². The van der Waals surface area contributed by atoms with Crippen LogP contribution in [-0.2, 0) is 47.9 Å². The van der Waals surface area contributed by atoms with Crippen LogP contribution in [0.15, 0.2) is 0 Å². The van der Waals surface area contributed by atoms with Crippen molar-refractivity contribution in [3.8, 4) is 0 Å². The fourth-order valence-corrected chi connectivity index (χ4v) is 4.73. The Labute approximate surface area is 325 Å². The maximum absolute atomic E-state index is 12.9. The van der Waals surface area contributed by atoms with E-state index in [-0.39, 0.29) is 18.3 Å². The molecule has 0 aliphatic heterocycles. The predicted molar refractivity (Wildman–Crippen MR) is 200 cm³/mol. The van der Waals surface area contributed by atoms with Crippen LogP contribution in [0.2, 0.25) is 0 Å². The largest absolute Gasteiger partial charge is 0.481 e. The van der Waals surface area contributed by atoms with Crippen molar-refractivity contribution in [2.75, 3.05) is 26.2 Å². The third-order valence-electron chi connectivity index (χ3n) is 8.17. The molecule has 6 atom stereocenters. The molecule has 0 saturated carbocycles. The Morgan fingerprint density at radius 2 is 0.982 bits per heavy atom. The molecule has 0 unspecified atom stereocenters. The lowest BCUT2D eigenvalue weighted by Crippen LogP contribution is -2.57. The molecular formula is C34H60N10O12. The van der Waals surface area contributed by atoms with E-state index in [0.29, 0.717) is 19.4 Å². The zero-order valence-electron chi connectivity index (χ0n) is 33.0. The number of carboxylic acid groups (broad SMARTS) is 2. The molecule has 22 nitrogen and oxygen atoms in total. The number of hydrogen-bond acceptors (Lipinski definition) is 12. The first kappa shape index (κ1) is 50.6. The molecule has 0 aromatic heterocycles. The molecule has 0 aliphatic rings. The molecule has 0 spiro atoms. The highest BCUT2D eigenvalue weighted by Gasteiger charge is 2.30. The summed E-state index contributed by atoms with van der Waals surface area (Å²) in [5, 5.41) is 37.2. The van der Waals surface area contributed by atoms with Crippen molar-refractivity contribution in [1.82, 2.24) is 42.5 Å². The van der Waals surface area contributed by atoms with Crippen LogP contribution in [0.4, 0.5) is 0 Å². The van der Waals surface area contributed by atoms with E-state index in [9.17, 15) is 58.2 Å². The molecule has 56 heavy (non-hydrogen) atoms. The molecule has 0 bridgehead atoms. The van der Waals surface area contributed by atoms with Crippen molar-refractivity contribution in [2.45, 2.75) is 110 Å². The Hall–Kier alpha value is -5.38. The molecule has 0 aromatic rings. The first-order chi connectivity index (χ1) is 26.0. The Balaban J connectivity index is 5.20. The van der Waals surface area contributed by atoms with Crippen molar-refractivity contribution in [2.24, 2.45) is 29.2 Å². The number of carbonyl (C=O) groups is 10. The van der Waals surface area contributed by atoms with Gasteiger partial charge >= 0.3 is 11.9 Å². The zero-order chi connectivity index (χ0) is 43.3. The first-order valence-electron chi connectivity index (χ1n) is 18.2. The second kappa shape index (κ2) is 25.7. The molecule has 0 aliphatic carbocycles. The second-order valence-electron chi connectivity index (χ2n) is 14.1. The van der Waals surface area contributed by atoms with E-state index < -0.39 is 127 Å². The zero-order valence-corrected chi connectivity index (χ0v) is 33.0. The monoisotopic (exact) mass is 800 g/mol. The summed E-state index contributed by atoms with van der Waals surface area (Å²) in [6.45, 7) is 9.65. The van der Waals surface area contributed by atoms with Crippen LogP contribution in [0.3, 0.4) is 0 Å². The van der Waals surface area contributed by atoms with Crippen molar-refractivity contribution in [3.63, 3.8) is 0 Å². The predicted octanol–water partition coefficient (Wildman–Crippen LogP) is -4.24. The van der Waals surface area contributed by atoms with Crippen molar-refractivity contribution in [3.05, 3.63) is 0 Å². The van der Waals surface area contributed by atoms with Crippen molar-refractivity contribution >= 4 is 59.2 Å². The van der Waals surface area contributed by atoms with Gasteiger partial charge in [0.2, 0.25) is 47.3 Å². The highest BCUT2D eigenvalue weighted by atomic mass is 16.4. The third-order valence-corrected chi connectivity index (χ3v) is 8.17. The number of carboxylic acids is 2. The van der Waals surface area contributed by atoms with Gasteiger partial charge in [0.25, 0.3) is 0 Å². The van der Waals surface area contributed by atoms with Gasteiger partial charge in [0.15, 0.2) is 0 Å². The summed E-state index contributed by atoms with van der Waals surface area (Å²) in [5.74, 6) is -10.4. The third kappa shape index (κ3) is 19.8. The van der Waals surface area contributed by atoms with Crippen molar-refractivity contribution < 1.29 is 58.2 Å². The lowest BCUT2D eigenvalue weighted by atomic mass is 10.0. The van der Waals surface area contributed by atoms with Gasteiger partial charge in [-0.3, -0.25) is 43.2 Å². The van der Waals surface area contributed by atoms with Gasteiger partial charge in [-0.25, -0.2) is 4.79 Å². The fourth-order valence-electron chi connectivity index (χ4n) is 4.73. The smallest absolute Gasteiger partial charge is 0.326 e. The van der Waals surface area contributed by atoms with Gasteiger partial charge in [-0.05, 0) is 50.5 Å². The summed E-state index contributed by atoms with van der Waals surface area (Å²) in [6.07, 6.45) is 0.243. The van der Waals surface area contributed by atoms with Crippen LogP contribution >= 0.6 is 0 Å². The van der Waals surface area contributed by atoms with E-state index in [1.165, 1.54) is 6.92 Å². The molecule has 22 heteroatoms.